The summed E-state index contributed by atoms with van der Waals surface area (Å²) in [5.41, 5.74) is -0.178. The molecule has 0 aromatic rings. The van der Waals surface area contributed by atoms with Gasteiger partial charge in [0.05, 0.1) is 19.1 Å². The van der Waals surface area contributed by atoms with E-state index in [1.807, 2.05) is 0 Å². The highest BCUT2D eigenvalue weighted by Crippen LogP contribution is 2.38. The highest BCUT2D eigenvalue weighted by molar-refractivity contribution is 5.70. The molecule has 1 aliphatic rings. The Hall–Kier alpha value is -0.570. The van der Waals surface area contributed by atoms with Crippen LogP contribution in [0.25, 0.3) is 0 Å². The van der Waals surface area contributed by atoms with Crippen molar-refractivity contribution in [2.24, 2.45) is 0 Å². The van der Waals surface area contributed by atoms with E-state index >= 15 is 0 Å². The lowest BCUT2D eigenvalue weighted by molar-refractivity contribution is -0.157. The molecule has 0 atom stereocenters. The van der Waals surface area contributed by atoms with Gasteiger partial charge in [0.1, 0.15) is 0 Å². The van der Waals surface area contributed by atoms with Gasteiger partial charge >= 0.3 is 5.97 Å². The molecular formula is C11H20O3. The molecule has 3 nitrogen and oxygen atoms in total. The number of rotatable bonds is 6. The average molecular weight is 200 g/mol. The van der Waals surface area contributed by atoms with Crippen LogP contribution >= 0.6 is 0 Å². The van der Waals surface area contributed by atoms with E-state index < -0.39 is 0 Å². The predicted molar refractivity (Wildman–Crippen MR) is 54.1 cm³/mol. The molecule has 0 N–H and O–H groups in total. The highest BCUT2D eigenvalue weighted by atomic mass is 16.5. The number of methoxy groups -OCH3 is 1. The Labute approximate surface area is 85.8 Å². The molecule has 0 radical (unpaired) electrons. The van der Waals surface area contributed by atoms with Gasteiger partial charge in [-0.3, -0.25) is 4.79 Å². The molecule has 0 amide bonds. The van der Waals surface area contributed by atoms with E-state index in [1.54, 1.807) is 0 Å². The molecule has 0 aliphatic heterocycles. The summed E-state index contributed by atoms with van der Waals surface area (Å²) >= 11 is 0. The van der Waals surface area contributed by atoms with E-state index in [-0.39, 0.29) is 11.6 Å². The Morgan fingerprint density at radius 3 is 2.57 bits per heavy atom. The van der Waals surface area contributed by atoms with Gasteiger partial charge in [0, 0.05) is 6.61 Å². The Kier molecular flexibility index (Phi) is 4.39. The summed E-state index contributed by atoms with van der Waals surface area (Å²) in [6, 6.07) is 0. The third kappa shape index (κ3) is 2.98. The molecule has 1 rings (SSSR count). The first-order valence-electron chi connectivity index (χ1n) is 5.43. The zero-order valence-corrected chi connectivity index (χ0v) is 9.17. The van der Waals surface area contributed by atoms with Crippen LogP contribution in [0.2, 0.25) is 0 Å². The SMILES string of the molecule is CCCCOC1(CC(=O)OC)CCC1. The first-order valence-corrected chi connectivity index (χ1v) is 5.43. The molecule has 1 aliphatic carbocycles. The monoisotopic (exact) mass is 200 g/mol. The maximum absolute atomic E-state index is 11.2. The molecule has 0 unspecified atom stereocenters. The smallest absolute Gasteiger partial charge is 0.308 e. The summed E-state index contributed by atoms with van der Waals surface area (Å²) in [5, 5.41) is 0. The van der Waals surface area contributed by atoms with E-state index in [0.717, 1.165) is 32.3 Å². The molecule has 0 spiro atoms. The predicted octanol–water partition coefficient (Wildman–Crippen LogP) is 2.29. The lowest BCUT2D eigenvalue weighted by Gasteiger charge is -2.40. The third-order valence-electron chi connectivity index (χ3n) is 2.87. The highest BCUT2D eigenvalue weighted by Gasteiger charge is 2.40. The number of carbonyl (C=O) groups is 1. The van der Waals surface area contributed by atoms with Crippen LogP contribution in [0.3, 0.4) is 0 Å². The fourth-order valence-electron chi connectivity index (χ4n) is 1.71. The Morgan fingerprint density at radius 2 is 2.14 bits per heavy atom. The lowest BCUT2D eigenvalue weighted by Crippen LogP contribution is -2.42. The van der Waals surface area contributed by atoms with E-state index in [0.29, 0.717) is 6.42 Å². The summed E-state index contributed by atoms with van der Waals surface area (Å²) < 4.78 is 10.4. The van der Waals surface area contributed by atoms with E-state index in [1.165, 1.54) is 13.5 Å². The molecule has 14 heavy (non-hydrogen) atoms. The molecule has 0 saturated heterocycles. The normalized spacial score (nSPS) is 18.7. The van der Waals surface area contributed by atoms with Gasteiger partial charge in [-0.2, -0.15) is 0 Å². The Morgan fingerprint density at radius 1 is 1.43 bits per heavy atom. The first-order chi connectivity index (χ1) is 6.72. The van der Waals surface area contributed by atoms with Crippen molar-refractivity contribution in [3.8, 4) is 0 Å². The maximum Gasteiger partial charge on any atom is 0.308 e. The maximum atomic E-state index is 11.2. The van der Waals surface area contributed by atoms with E-state index in [4.69, 9.17) is 4.74 Å². The van der Waals surface area contributed by atoms with Crippen LogP contribution in [0.5, 0.6) is 0 Å². The Balaban J connectivity index is 2.30. The lowest BCUT2D eigenvalue weighted by atomic mass is 9.77. The molecule has 0 bridgehead atoms. The minimum absolute atomic E-state index is 0.152. The van der Waals surface area contributed by atoms with E-state index in [9.17, 15) is 4.79 Å². The summed E-state index contributed by atoms with van der Waals surface area (Å²) in [5.74, 6) is -0.152. The van der Waals surface area contributed by atoms with Crippen LogP contribution in [-0.4, -0.2) is 25.3 Å². The van der Waals surface area contributed by atoms with Crippen LogP contribution in [0.1, 0.15) is 45.4 Å². The topological polar surface area (TPSA) is 35.5 Å². The molecule has 0 heterocycles. The van der Waals surface area contributed by atoms with Crippen molar-refractivity contribution < 1.29 is 14.3 Å². The Bertz CT molecular complexity index is 185. The van der Waals surface area contributed by atoms with Gasteiger partial charge in [0.2, 0.25) is 0 Å². The van der Waals surface area contributed by atoms with Gasteiger partial charge in [-0.15, -0.1) is 0 Å². The van der Waals surface area contributed by atoms with Crippen LogP contribution in [-0.2, 0) is 14.3 Å². The fraction of sp³-hybridized carbons (Fsp3) is 0.909. The number of hydrogen-bond donors (Lipinski definition) is 0. The van der Waals surface area contributed by atoms with Crippen molar-refractivity contribution >= 4 is 5.97 Å². The molecule has 0 aromatic carbocycles. The summed E-state index contributed by atoms with van der Waals surface area (Å²) in [4.78, 5) is 11.2. The molecule has 82 valence electrons. The van der Waals surface area contributed by atoms with Gasteiger partial charge in [-0.25, -0.2) is 0 Å². The minimum atomic E-state index is -0.178. The van der Waals surface area contributed by atoms with Crippen molar-refractivity contribution in [3.63, 3.8) is 0 Å². The van der Waals surface area contributed by atoms with Crippen LogP contribution in [0.4, 0.5) is 0 Å². The van der Waals surface area contributed by atoms with Crippen molar-refractivity contribution in [1.82, 2.24) is 0 Å². The zero-order chi connectivity index (χ0) is 10.4. The number of unbranched alkanes of at least 4 members (excludes halogenated alkanes) is 1. The first kappa shape index (κ1) is 11.5. The van der Waals surface area contributed by atoms with Crippen molar-refractivity contribution in [2.75, 3.05) is 13.7 Å². The quantitative estimate of drug-likeness (QED) is 0.487. The number of carbonyl (C=O) groups excluding carboxylic acids is 1. The van der Waals surface area contributed by atoms with Crippen LogP contribution in [0.15, 0.2) is 0 Å². The van der Waals surface area contributed by atoms with E-state index in [2.05, 4.69) is 11.7 Å². The summed E-state index contributed by atoms with van der Waals surface area (Å²) in [6.45, 7) is 2.91. The largest absolute Gasteiger partial charge is 0.469 e. The van der Waals surface area contributed by atoms with Gasteiger partial charge in [-0.05, 0) is 25.7 Å². The fourth-order valence-corrected chi connectivity index (χ4v) is 1.71. The summed E-state index contributed by atoms with van der Waals surface area (Å²) in [6.07, 6.45) is 5.81. The minimum Gasteiger partial charge on any atom is -0.469 e. The zero-order valence-electron chi connectivity index (χ0n) is 9.17. The third-order valence-corrected chi connectivity index (χ3v) is 2.87. The van der Waals surface area contributed by atoms with Crippen molar-refractivity contribution in [3.05, 3.63) is 0 Å². The molecular weight excluding hydrogens is 180 g/mol. The van der Waals surface area contributed by atoms with Crippen LogP contribution < -0.4 is 0 Å². The number of esters is 1. The van der Waals surface area contributed by atoms with Gasteiger partial charge < -0.3 is 9.47 Å². The van der Waals surface area contributed by atoms with Crippen molar-refractivity contribution in [1.29, 1.82) is 0 Å². The molecule has 3 heteroatoms. The average Bonchev–Trinajstić information content (AvgIpc) is 2.14. The van der Waals surface area contributed by atoms with Gasteiger partial charge in [-0.1, -0.05) is 13.3 Å². The second kappa shape index (κ2) is 5.35. The number of hydrogen-bond acceptors (Lipinski definition) is 3. The molecule has 0 aromatic heterocycles. The van der Waals surface area contributed by atoms with Gasteiger partial charge in [0.25, 0.3) is 0 Å². The van der Waals surface area contributed by atoms with Crippen molar-refractivity contribution in [2.45, 2.75) is 51.0 Å². The second-order valence-electron chi connectivity index (χ2n) is 3.99. The summed E-state index contributed by atoms with van der Waals surface area (Å²) in [7, 11) is 1.43. The molecule has 1 saturated carbocycles. The second-order valence-corrected chi connectivity index (χ2v) is 3.99. The van der Waals surface area contributed by atoms with Gasteiger partial charge in [0.15, 0.2) is 0 Å². The standard InChI is InChI=1S/C11H20O3/c1-3-4-8-14-11(6-5-7-11)9-10(12)13-2/h3-9H2,1-2H3. The number of ether oxygens (including phenoxy) is 2. The van der Waals surface area contributed by atoms with Crippen LogP contribution in [0, 0.1) is 0 Å². The molecule has 1 fully saturated rings.